The van der Waals surface area contributed by atoms with Crippen LogP contribution in [0.15, 0.2) is 12.1 Å². The Morgan fingerprint density at radius 2 is 2.21 bits per heavy atom. The van der Waals surface area contributed by atoms with Gasteiger partial charge in [-0.2, -0.15) is 0 Å². The third-order valence-electron chi connectivity index (χ3n) is 1.53. The number of hydrogen-bond acceptors (Lipinski definition) is 2. The van der Waals surface area contributed by atoms with Crippen LogP contribution in [0.1, 0.15) is 17.7 Å². The third-order valence-corrected chi connectivity index (χ3v) is 1.74. The molecule has 0 fully saturated rings. The van der Waals surface area contributed by atoms with Crippen molar-refractivity contribution >= 4 is 17.6 Å². The number of halogens is 3. The first-order valence-electron chi connectivity index (χ1n) is 3.66. The highest BCUT2D eigenvalue weighted by molar-refractivity contribution is 6.29. The zero-order valence-electron chi connectivity index (χ0n) is 6.88. The van der Waals surface area contributed by atoms with Crippen LogP contribution in [0.2, 0.25) is 5.15 Å². The van der Waals surface area contributed by atoms with Gasteiger partial charge in [0, 0.05) is 0 Å². The van der Waals surface area contributed by atoms with Crippen LogP contribution in [0.3, 0.4) is 0 Å². The predicted octanol–water partition coefficient (Wildman–Crippen LogP) is 2.30. The zero-order chi connectivity index (χ0) is 10.7. The Hall–Kier alpha value is -1.23. The summed E-state index contributed by atoms with van der Waals surface area (Å²) in [6, 6.07) is 2.52. The zero-order valence-corrected chi connectivity index (χ0v) is 7.63. The number of carboxylic acid groups (broad SMARTS) is 1. The van der Waals surface area contributed by atoms with Crippen molar-refractivity contribution in [3.05, 3.63) is 28.5 Å². The summed E-state index contributed by atoms with van der Waals surface area (Å²) in [6.07, 6.45) is -3.30. The molecule has 14 heavy (non-hydrogen) atoms. The van der Waals surface area contributed by atoms with E-state index in [1.807, 2.05) is 0 Å². The van der Waals surface area contributed by atoms with E-state index >= 15 is 0 Å². The molecule has 0 bridgehead atoms. The second kappa shape index (κ2) is 4.32. The first-order chi connectivity index (χ1) is 6.50. The van der Waals surface area contributed by atoms with Gasteiger partial charge in [-0.25, -0.2) is 13.8 Å². The molecule has 0 saturated carbocycles. The molecular formula is C8H6ClF2NO2. The van der Waals surface area contributed by atoms with E-state index in [1.165, 1.54) is 12.1 Å². The first-order valence-corrected chi connectivity index (χ1v) is 4.03. The van der Waals surface area contributed by atoms with Crippen LogP contribution in [-0.4, -0.2) is 16.1 Å². The lowest BCUT2D eigenvalue weighted by Gasteiger charge is -2.05. The molecule has 0 saturated heterocycles. The highest BCUT2D eigenvalue weighted by Gasteiger charge is 2.16. The van der Waals surface area contributed by atoms with Gasteiger partial charge in [-0.1, -0.05) is 17.7 Å². The molecule has 3 nitrogen and oxygen atoms in total. The van der Waals surface area contributed by atoms with Gasteiger partial charge in [-0.15, -0.1) is 0 Å². The van der Waals surface area contributed by atoms with E-state index in [0.717, 1.165) is 0 Å². The van der Waals surface area contributed by atoms with Gasteiger partial charge in [-0.05, 0) is 11.6 Å². The van der Waals surface area contributed by atoms with Crippen molar-refractivity contribution in [1.82, 2.24) is 4.98 Å². The maximum atomic E-state index is 12.3. The molecule has 0 aliphatic heterocycles. The molecule has 1 rings (SSSR count). The maximum absolute atomic E-state index is 12.3. The average Bonchev–Trinajstić information content (AvgIpc) is 2.07. The standard InChI is InChI=1S/C8H6ClF2NO2/c9-5-2-1-4(3-6(13)14)7(12-5)8(10)11/h1-2,8H,3H2,(H,13,14). The lowest BCUT2D eigenvalue weighted by molar-refractivity contribution is -0.136. The molecular weight excluding hydrogens is 216 g/mol. The molecule has 1 aromatic rings. The second-order valence-corrected chi connectivity index (χ2v) is 2.94. The van der Waals surface area contributed by atoms with Gasteiger partial charge in [0.15, 0.2) is 0 Å². The number of carbonyl (C=O) groups is 1. The summed E-state index contributed by atoms with van der Waals surface area (Å²) in [5.41, 5.74) is -0.586. The van der Waals surface area contributed by atoms with Gasteiger partial charge in [0.2, 0.25) is 0 Å². The van der Waals surface area contributed by atoms with E-state index < -0.39 is 24.5 Å². The van der Waals surface area contributed by atoms with Gasteiger partial charge in [-0.3, -0.25) is 4.79 Å². The molecule has 0 aromatic carbocycles. The van der Waals surface area contributed by atoms with Gasteiger partial charge in [0.05, 0.1) is 6.42 Å². The van der Waals surface area contributed by atoms with E-state index in [4.69, 9.17) is 16.7 Å². The van der Waals surface area contributed by atoms with Crippen LogP contribution in [-0.2, 0) is 11.2 Å². The van der Waals surface area contributed by atoms with E-state index in [9.17, 15) is 13.6 Å². The highest BCUT2D eigenvalue weighted by Crippen LogP contribution is 2.23. The largest absolute Gasteiger partial charge is 0.481 e. The molecule has 0 spiro atoms. The van der Waals surface area contributed by atoms with Gasteiger partial charge < -0.3 is 5.11 Å². The minimum Gasteiger partial charge on any atom is -0.481 e. The first kappa shape index (κ1) is 10.8. The van der Waals surface area contributed by atoms with Crippen molar-refractivity contribution < 1.29 is 18.7 Å². The van der Waals surface area contributed by atoms with Crippen LogP contribution in [0, 0.1) is 0 Å². The Labute approximate surface area is 83.3 Å². The van der Waals surface area contributed by atoms with Crippen LogP contribution < -0.4 is 0 Å². The van der Waals surface area contributed by atoms with Crippen molar-refractivity contribution in [1.29, 1.82) is 0 Å². The fraction of sp³-hybridized carbons (Fsp3) is 0.250. The minimum absolute atomic E-state index is 0.0168. The van der Waals surface area contributed by atoms with Gasteiger partial charge in [0.1, 0.15) is 10.8 Å². The van der Waals surface area contributed by atoms with Crippen LogP contribution in [0.5, 0.6) is 0 Å². The molecule has 6 heteroatoms. The lowest BCUT2D eigenvalue weighted by Crippen LogP contribution is -2.05. The van der Waals surface area contributed by atoms with Crippen molar-refractivity contribution in [2.75, 3.05) is 0 Å². The summed E-state index contributed by atoms with van der Waals surface area (Å²) in [5.74, 6) is -1.18. The quantitative estimate of drug-likeness (QED) is 0.797. The van der Waals surface area contributed by atoms with E-state index in [0.29, 0.717) is 0 Å². The van der Waals surface area contributed by atoms with Gasteiger partial charge >= 0.3 is 5.97 Å². The fourth-order valence-electron chi connectivity index (χ4n) is 0.980. The molecule has 0 amide bonds. The Bertz CT molecular complexity index is 357. The molecule has 0 atom stereocenters. The molecule has 0 aliphatic rings. The summed E-state index contributed by atoms with van der Waals surface area (Å²) in [5, 5.41) is 8.36. The average molecular weight is 222 g/mol. The number of aromatic nitrogens is 1. The molecule has 0 aliphatic carbocycles. The molecule has 1 heterocycles. The number of carboxylic acids is 1. The fourth-order valence-corrected chi connectivity index (χ4v) is 1.13. The Kier molecular flexibility index (Phi) is 3.35. The summed E-state index contributed by atoms with van der Waals surface area (Å²) >= 11 is 5.41. The Balaban J connectivity index is 3.08. The van der Waals surface area contributed by atoms with E-state index in [2.05, 4.69) is 4.98 Å². The highest BCUT2D eigenvalue weighted by atomic mass is 35.5. The number of aliphatic carboxylic acids is 1. The van der Waals surface area contributed by atoms with Crippen LogP contribution in [0.4, 0.5) is 8.78 Å². The third kappa shape index (κ3) is 2.63. The second-order valence-electron chi connectivity index (χ2n) is 2.55. The topological polar surface area (TPSA) is 50.2 Å². The molecule has 1 aromatic heterocycles. The van der Waals surface area contributed by atoms with Crippen molar-refractivity contribution in [3.8, 4) is 0 Å². The summed E-state index contributed by atoms with van der Waals surface area (Å²) in [4.78, 5) is 13.7. The summed E-state index contributed by atoms with van der Waals surface area (Å²) in [6.45, 7) is 0. The van der Waals surface area contributed by atoms with Crippen molar-refractivity contribution in [2.24, 2.45) is 0 Å². The lowest BCUT2D eigenvalue weighted by atomic mass is 10.1. The van der Waals surface area contributed by atoms with E-state index in [1.54, 1.807) is 0 Å². The number of rotatable bonds is 3. The summed E-state index contributed by atoms with van der Waals surface area (Å²) in [7, 11) is 0. The molecule has 1 N–H and O–H groups in total. The maximum Gasteiger partial charge on any atom is 0.307 e. The monoisotopic (exact) mass is 221 g/mol. The van der Waals surface area contributed by atoms with E-state index in [-0.39, 0.29) is 10.7 Å². The minimum atomic E-state index is -2.82. The van der Waals surface area contributed by atoms with Crippen molar-refractivity contribution in [2.45, 2.75) is 12.8 Å². The van der Waals surface area contributed by atoms with Crippen molar-refractivity contribution in [3.63, 3.8) is 0 Å². The summed E-state index contributed by atoms with van der Waals surface area (Å²) < 4.78 is 24.7. The smallest absolute Gasteiger partial charge is 0.307 e. The number of alkyl halides is 2. The Morgan fingerprint density at radius 3 is 2.71 bits per heavy atom. The molecule has 0 radical (unpaired) electrons. The van der Waals surface area contributed by atoms with Gasteiger partial charge in [0.25, 0.3) is 6.43 Å². The molecule has 76 valence electrons. The normalized spacial score (nSPS) is 10.6. The number of hydrogen-bond donors (Lipinski definition) is 1. The number of nitrogens with zero attached hydrogens (tertiary/aromatic N) is 1. The van der Waals surface area contributed by atoms with Crippen LogP contribution in [0.25, 0.3) is 0 Å². The van der Waals surface area contributed by atoms with Crippen LogP contribution >= 0.6 is 11.6 Å². The molecule has 0 unspecified atom stereocenters. The SMILES string of the molecule is O=C(O)Cc1ccc(Cl)nc1C(F)F. The number of pyridine rings is 1. The predicted molar refractivity (Wildman–Crippen MR) is 45.5 cm³/mol. The Morgan fingerprint density at radius 1 is 1.57 bits per heavy atom.